The highest BCUT2D eigenvalue weighted by molar-refractivity contribution is 14.1. The Balaban J connectivity index is 2.73. The van der Waals surface area contributed by atoms with Gasteiger partial charge in [0.2, 0.25) is 0 Å². The molecule has 0 fully saturated rings. The van der Waals surface area contributed by atoms with Crippen molar-refractivity contribution in [1.29, 1.82) is 0 Å². The smallest absolute Gasteiger partial charge is 0.465 e. The van der Waals surface area contributed by atoms with E-state index >= 15 is 0 Å². The fraction of sp³-hybridized carbons (Fsp3) is 0.364. The quantitative estimate of drug-likeness (QED) is 0.433. The number of benzene rings is 1. The molecule has 112 valence electrons. The van der Waals surface area contributed by atoms with E-state index in [1.807, 2.05) is 22.6 Å². The van der Waals surface area contributed by atoms with Crippen molar-refractivity contribution in [2.75, 3.05) is 7.11 Å². The molecule has 0 heterocycles. The van der Waals surface area contributed by atoms with E-state index in [4.69, 9.17) is 4.74 Å². The standard InChI is InChI=1S/C11H8F5IO3/c1-19-8-3-2-6(4-7(8)17)5-20-9(18)10(12,13)11(14,15)16/h2-4H,5H2,1H3. The average molecular weight is 410 g/mol. The third kappa shape index (κ3) is 3.70. The Morgan fingerprint density at radius 3 is 2.30 bits per heavy atom. The van der Waals surface area contributed by atoms with Crippen molar-refractivity contribution in [2.45, 2.75) is 18.7 Å². The molecular weight excluding hydrogens is 402 g/mol. The van der Waals surface area contributed by atoms with Crippen LogP contribution in [0.4, 0.5) is 22.0 Å². The van der Waals surface area contributed by atoms with Crippen LogP contribution in [0.1, 0.15) is 5.56 Å². The summed E-state index contributed by atoms with van der Waals surface area (Å²) in [5, 5.41) is 0. The predicted octanol–water partition coefficient (Wildman–Crippen LogP) is 3.54. The van der Waals surface area contributed by atoms with Crippen LogP contribution in [0.2, 0.25) is 0 Å². The fourth-order valence-electron chi connectivity index (χ4n) is 1.15. The average Bonchev–Trinajstić information content (AvgIpc) is 2.34. The van der Waals surface area contributed by atoms with E-state index in [2.05, 4.69) is 4.74 Å². The number of alkyl halides is 5. The molecule has 1 aromatic rings. The molecule has 1 aromatic carbocycles. The van der Waals surface area contributed by atoms with Gasteiger partial charge >= 0.3 is 18.1 Å². The van der Waals surface area contributed by atoms with Crippen molar-refractivity contribution >= 4 is 28.6 Å². The van der Waals surface area contributed by atoms with Gasteiger partial charge in [-0.3, -0.25) is 0 Å². The fourth-order valence-corrected chi connectivity index (χ4v) is 1.95. The van der Waals surface area contributed by atoms with Crippen LogP contribution in [0, 0.1) is 3.57 Å². The maximum absolute atomic E-state index is 12.6. The van der Waals surface area contributed by atoms with Gasteiger partial charge in [-0.15, -0.1) is 0 Å². The lowest BCUT2D eigenvalue weighted by atomic mass is 10.2. The Hall–Kier alpha value is -1.13. The van der Waals surface area contributed by atoms with Gasteiger partial charge in [0.1, 0.15) is 12.4 Å². The SMILES string of the molecule is COc1ccc(COC(=O)C(F)(F)C(F)(F)F)cc1I. The number of halogens is 6. The second-order valence-corrected chi connectivity index (χ2v) is 4.78. The minimum absolute atomic E-state index is 0.265. The first-order chi connectivity index (χ1) is 9.09. The van der Waals surface area contributed by atoms with Gasteiger partial charge in [-0.05, 0) is 40.3 Å². The normalized spacial score (nSPS) is 12.2. The Kier molecular flexibility index (Phi) is 5.16. The Morgan fingerprint density at radius 1 is 1.25 bits per heavy atom. The van der Waals surface area contributed by atoms with E-state index in [1.165, 1.54) is 25.3 Å². The molecule has 0 saturated heterocycles. The minimum Gasteiger partial charge on any atom is -0.496 e. The first kappa shape index (κ1) is 16.9. The lowest BCUT2D eigenvalue weighted by Gasteiger charge is -2.17. The Morgan fingerprint density at radius 2 is 1.85 bits per heavy atom. The molecule has 3 nitrogen and oxygen atoms in total. The third-order valence-corrected chi connectivity index (χ3v) is 3.04. The van der Waals surface area contributed by atoms with Crippen LogP contribution in [0.5, 0.6) is 5.75 Å². The van der Waals surface area contributed by atoms with Gasteiger partial charge in [0, 0.05) is 0 Å². The minimum atomic E-state index is -5.97. The molecule has 0 unspecified atom stereocenters. The number of methoxy groups -OCH3 is 1. The Labute approximate surface area is 124 Å². The maximum atomic E-state index is 12.6. The van der Waals surface area contributed by atoms with Crippen LogP contribution in [0.25, 0.3) is 0 Å². The number of esters is 1. The summed E-state index contributed by atoms with van der Waals surface area (Å²) in [5.74, 6) is -7.65. The largest absolute Gasteiger partial charge is 0.496 e. The molecule has 1 rings (SSSR count). The van der Waals surface area contributed by atoms with Gasteiger partial charge in [-0.2, -0.15) is 22.0 Å². The zero-order valence-corrected chi connectivity index (χ0v) is 12.1. The molecule has 0 radical (unpaired) electrons. The first-order valence-electron chi connectivity index (χ1n) is 5.03. The molecule has 9 heteroatoms. The van der Waals surface area contributed by atoms with Crippen molar-refractivity contribution in [1.82, 2.24) is 0 Å². The lowest BCUT2D eigenvalue weighted by Crippen LogP contribution is -2.45. The molecule has 0 atom stereocenters. The summed E-state index contributed by atoms with van der Waals surface area (Å²) in [6.45, 7) is -0.690. The third-order valence-electron chi connectivity index (χ3n) is 2.20. The molecule has 0 amide bonds. The van der Waals surface area contributed by atoms with Gasteiger partial charge in [-0.25, -0.2) is 4.79 Å². The highest BCUT2D eigenvalue weighted by Crippen LogP contribution is 2.36. The van der Waals surface area contributed by atoms with E-state index in [9.17, 15) is 26.7 Å². The maximum Gasteiger partial charge on any atom is 0.465 e. The van der Waals surface area contributed by atoms with Crippen LogP contribution < -0.4 is 4.74 Å². The lowest BCUT2D eigenvalue weighted by molar-refractivity contribution is -0.281. The molecule has 0 aliphatic rings. The number of carbonyl (C=O) groups is 1. The van der Waals surface area contributed by atoms with E-state index in [0.29, 0.717) is 9.32 Å². The topological polar surface area (TPSA) is 35.5 Å². The number of rotatable bonds is 4. The zero-order valence-electron chi connectivity index (χ0n) is 9.93. The number of hydrogen-bond donors (Lipinski definition) is 0. The highest BCUT2D eigenvalue weighted by Gasteiger charge is 2.64. The predicted molar refractivity (Wildman–Crippen MR) is 66.5 cm³/mol. The van der Waals surface area contributed by atoms with Gasteiger partial charge in [0.15, 0.2) is 0 Å². The van der Waals surface area contributed by atoms with Gasteiger partial charge in [0.05, 0.1) is 10.7 Å². The molecule has 0 saturated carbocycles. The van der Waals surface area contributed by atoms with E-state index in [-0.39, 0.29) is 5.56 Å². The summed E-state index contributed by atoms with van der Waals surface area (Å²) in [6.07, 6.45) is -5.97. The molecule has 0 spiro atoms. The summed E-state index contributed by atoms with van der Waals surface area (Å²) in [6, 6.07) is 4.31. The molecule has 0 aromatic heterocycles. The molecule has 0 bridgehead atoms. The molecule has 20 heavy (non-hydrogen) atoms. The Bertz CT molecular complexity index is 501. The van der Waals surface area contributed by atoms with Gasteiger partial charge in [0.25, 0.3) is 0 Å². The van der Waals surface area contributed by atoms with Crippen LogP contribution in [0.15, 0.2) is 18.2 Å². The second kappa shape index (κ2) is 6.10. The number of carbonyl (C=O) groups excluding carboxylic acids is 1. The summed E-state index contributed by atoms with van der Waals surface area (Å²) >= 11 is 1.88. The number of ether oxygens (including phenoxy) is 2. The van der Waals surface area contributed by atoms with Crippen molar-refractivity contribution < 1.29 is 36.2 Å². The van der Waals surface area contributed by atoms with Crippen molar-refractivity contribution in [2.24, 2.45) is 0 Å². The highest BCUT2D eigenvalue weighted by atomic mass is 127. The van der Waals surface area contributed by atoms with Gasteiger partial charge < -0.3 is 9.47 Å². The molecule has 0 aliphatic heterocycles. The van der Waals surface area contributed by atoms with Crippen LogP contribution >= 0.6 is 22.6 Å². The monoisotopic (exact) mass is 410 g/mol. The van der Waals surface area contributed by atoms with Crippen LogP contribution in [-0.4, -0.2) is 25.2 Å². The van der Waals surface area contributed by atoms with Crippen molar-refractivity contribution in [3.8, 4) is 5.75 Å². The summed E-state index contributed by atoms with van der Waals surface area (Å²) in [7, 11) is 1.42. The zero-order chi connectivity index (χ0) is 15.6. The number of hydrogen-bond acceptors (Lipinski definition) is 3. The first-order valence-corrected chi connectivity index (χ1v) is 6.11. The van der Waals surface area contributed by atoms with E-state index in [1.54, 1.807) is 0 Å². The van der Waals surface area contributed by atoms with E-state index in [0.717, 1.165) is 0 Å². The summed E-state index contributed by atoms with van der Waals surface area (Å²) < 4.78 is 70.5. The van der Waals surface area contributed by atoms with E-state index < -0.39 is 24.7 Å². The summed E-state index contributed by atoms with van der Waals surface area (Å²) in [4.78, 5) is 10.8. The van der Waals surface area contributed by atoms with Crippen LogP contribution in [0.3, 0.4) is 0 Å². The van der Waals surface area contributed by atoms with Gasteiger partial charge in [-0.1, -0.05) is 6.07 Å². The van der Waals surface area contributed by atoms with Crippen molar-refractivity contribution in [3.05, 3.63) is 27.3 Å². The van der Waals surface area contributed by atoms with Crippen molar-refractivity contribution in [3.63, 3.8) is 0 Å². The molecule has 0 aliphatic carbocycles. The molecular formula is C11H8F5IO3. The second-order valence-electron chi connectivity index (χ2n) is 3.62. The van der Waals surface area contributed by atoms with Crippen LogP contribution in [-0.2, 0) is 16.1 Å². The molecule has 0 N–H and O–H groups in total. The summed E-state index contributed by atoms with van der Waals surface area (Å²) in [5.41, 5.74) is 0.265.